The number of hydrogen-bond donors (Lipinski definition) is 1. The molecule has 1 N–H and O–H groups in total. The molecule has 0 spiro atoms. The van der Waals surface area contributed by atoms with E-state index in [9.17, 15) is 9.59 Å². The second-order valence-electron chi connectivity index (χ2n) is 6.29. The van der Waals surface area contributed by atoms with Crippen LogP contribution in [0.4, 0.5) is 0 Å². The summed E-state index contributed by atoms with van der Waals surface area (Å²) in [7, 11) is 0. The van der Waals surface area contributed by atoms with Gasteiger partial charge in [-0.2, -0.15) is 0 Å². The number of nitrogens with zero attached hydrogens (tertiary/aromatic N) is 2. The number of halogens is 1. The molecule has 2 saturated heterocycles. The average Bonchev–Trinajstić information content (AvgIpc) is 2.55. The van der Waals surface area contributed by atoms with Crippen LogP contribution in [0.15, 0.2) is 22.7 Å². The fourth-order valence-corrected chi connectivity index (χ4v) is 4.03. The standard InChI is InChI=1S/C17H22BrN3O2/c1-12-4-5-14(15(18)9-12)17(23)20-7-2-3-13(11-20)21-8-6-19-10-16(21)22/h4-5,9,13,19H,2-3,6-8,10-11H2,1H3. The molecule has 3 rings (SSSR count). The van der Waals surface area contributed by atoms with Gasteiger partial charge in [0, 0.05) is 36.7 Å². The topological polar surface area (TPSA) is 52.7 Å². The van der Waals surface area contributed by atoms with Crippen LogP contribution in [0.25, 0.3) is 0 Å². The van der Waals surface area contributed by atoms with Crippen molar-refractivity contribution < 1.29 is 9.59 Å². The Morgan fingerprint density at radius 3 is 2.91 bits per heavy atom. The summed E-state index contributed by atoms with van der Waals surface area (Å²) in [5, 5.41) is 3.10. The molecule has 2 heterocycles. The Bertz CT molecular complexity index is 620. The van der Waals surface area contributed by atoms with Gasteiger partial charge in [0.05, 0.1) is 12.1 Å². The Labute approximate surface area is 145 Å². The molecule has 5 nitrogen and oxygen atoms in total. The van der Waals surface area contributed by atoms with E-state index in [4.69, 9.17) is 0 Å². The van der Waals surface area contributed by atoms with Crippen molar-refractivity contribution in [3.63, 3.8) is 0 Å². The number of carbonyl (C=O) groups is 2. The Balaban J connectivity index is 1.72. The zero-order chi connectivity index (χ0) is 16.4. The Kier molecular flexibility index (Phi) is 5.02. The van der Waals surface area contributed by atoms with Crippen LogP contribution in [0.5, 0.6) is 0 Å². The minimum absolute atomic E-state index is 0.0455. The van der Waals surface area contributed by atoms with Crippen LogP contribution in [0.2, 0.25) is 0 Å². The maximum Gasteiger partial charge on any atom is 0.255 e. The number of aryl methyl sites for hydroxylation is 1. The number of rotatable bonds is 2. The van der Waals surface area contributed by atoms with E-state index in [-0.39, 0.29) is 17.9 Å². The van der Waals surface area contributed by atoms with Gasteiger partial charge in [0.2, 0.25) is 5.91 Å². The molecule has 2 fully saturated rings. The van der Waals surface area contributed by atoms with Crippen molar-refractivity contribution in [2.75, 3.05) is 32.7 Å². The normalized spacial score (nSPS) is 22.3. The molecule has 2 aliphatic rings. The van der Waals surface area contributed by atoms with Gasteiger partial charge < -0.3 is 15.1 Å². The molecule has 124 valence electrons. The quantitative estimate of drug-likeness (QED) is 0.852. The number of piperazine rings is 1. The van der Waals surface area contributed by atoms with Gasteiger partial charge in [0.15, 0.2) is 0 Å². The first-order valence-corrected chi connectivity index (χ1v) is 8.91. The van der Waals surface area contributed by atoms with E-state index in [2.05, 4.69) is 21.2 Å². The van der Waals surface area contributed by atoms with Crippen molar-refractivity contribution in [1.29, 1.82) is 0 Å². The second-order valence-corrected chi connectivity index (χ2v) is 7.15. The van der Waals surface area contributed by atoms with Crippen molar-refractivity contribution in [3.05, 3.63) is 33.8 Å². The summed E-state index contributed by atoms with van der Waals surface area (Å²) in [4.78, 5) is 28.7. The molecule has 6 heteroatoms. The first-order chi connectivity index (χ1) is 11.1. The first kappa shape index (κ1) is 16.5. The van der Waals surface area contributed by atoms with Gasteiger partial charge in [0.25, 0.3) is 5.91 Å². The summed E-state index contributed by atoms with van der Waals surface area (Å²) >= 11 is 3.50. The SMILES string of the molecule is Cc1ccc(C(=O)N2CCCC(N3CCNCC3=O)C2)c(Br)c1. The van der Waals surface area contributed by atoms with Crippen LogP contribution < -0.4 is 5.32 Å². The van der Waals surface area contributed by atoms with Crippen LogP contribution >= 0.6 is 15.9 Å². The number of benzene rings is 1. The smallest absolute Gasteiger partial charge is 0.255 e. The third kappa shape index (κ3) is 3.58. The lowest BCUT2D eigenvalue weighted by atomic mass is 10.0. The number of nitrogens with one attached hydrogen (secondary N) is 1. The molecule has 0 radical (unpaired) electrons. The predicted molar refractivity (Wildman–Crippen MR) is 92.4 cm³/mol. The number of hydrogen-bond acceptors (Lipinski definition) is 3. The largest absolute Gasteiger partial charge is 0.337 e. The molecule has 2 amide bonds. The highest BCUT2D eigenvalue weighted by Gasteiger charge is 2.32. The van der Waals surface area contributed by atoms with Gasteiger partial charge >= 0.3 is 0 Å². The van der Waals surface area contributed by atoms with Gasteiger partial charge in [-0.15, -0.1) is 0 Å². The summed E-state index contributed by atoms with van der Waals surface area (Å²) in [5.74, 6) is 0.191. The fraction of sp³-hybridized carbons (Fsp3) is 0.529. The zero-order valence-electron chi connectivity index (χ0n) is 13.3. The van der Waals surface area contributed by atoms with Crippen LogP contribution in [0.3, 0.4) is 0 Å². The van der Waals surface area contributed by atoms with Crippen molar-refractivity contribution in [2.45, 2.75) is 25.8 Å². The maximum absolute atomic E-state index is 12.8. The fourth-order valence-electron chi connectivity index (χ4n) is 3.36. The third-order valence-electron chi connectivity index (χ3n) is 4.61. The summed E-state index contributed by atoms with van der Waals surface area (Å²) in [6.07, 6.45) is 1.92. The number of likely N-dealkylation sites (tertiary alicyclic amines) is 1. The molecule has 0 bridgehead atoms. The first-order valence-electron chi connectivity index (χ1n) is 8.12. The summed E-state index contributed by atoms with van der Waals surface area (Å²) in [6.45, 7) is 5.38. The van der Waals surface area contributed by atoms with Gasteiger partial charge in [0.1, 0.15) is 0 Å². The molecular formula is C17H22BrN3O2. The highest BCUT2D eigenvalue weighted by Crippen LogP contribution is 2.23. The van der Waals surface area contributed by atoms with Gasteiger partial charge in [-0.05, 0) is 53.4 Å². The lowest BCUT2D eigenvalue weighted by Crippen LogP contribution is -2.57. The Hall–Kier alpha value is -1.40. The van der Waals surface area contributed by atoms with E-state index in [1.165, 1.54) is 0 Å². The number of carbonyl (C=O) groups excluding carboxylic acids is 2. The van der Waals surface area contributed by atoms with Gasteiger partial charge in [-0.3, -0.25) is 9.59 Å². The van der Waals surface area contributed by atoms with Gasteiger partial charge in [-0.1, -0.05) is 6.07 Å². The predicted octanol–water partition coefficient (Wildman–Crippen LogP) is 1.79. The van der Waals surface area contributed by atoms with Gasteiger partial charge in [-0.25, -0.2) is 0 Å². The van der Waals surface area contributed by atoms with Crippen molar-refractivity contribution in [2.24, 2.45) is 0 Å². The third-order valence-corrected chi connectivity index (χ3v) is 5.26. The van der Waals surface area contributed by atoms with E-state index in [1.807, 2.05) is 34.9 Å². The summed E-state index contributed by atoms with van der Waals surface area (Å²) in [6, 6.07) is 5.95. The lowest BCUT2D eigenvalue weighted by molar-refractivity contribution is -0.135. The van der Waals surface area contributed by atoms with Crippen LogP contribution in [0.1, 0.15) is 28.8 Å². The molecule has 0 saturated carbocycles. The van der Waals surface area contributed by atoms with Crippen molar-refractivity contribution >= 4 is 27.7 Å². The van der Waals surface area contributed by atoms with Crippen LogP contribution in [0, 0.1) is 6.92 Å². The number of amides is 2. The minimum atomic E-state index is 0.0455. The van der Waals surface area contributed by atoms with Crippen LogP contribution in [-0.4, -0.2) is 60.4 Å². The molecule has 0 aromatic heterocycles. The highest BCUT2D eigenvalue weighted by atomic mass is 79.9. The zero-order valence-corrected chi connectivity index (χ0v) is 14.9. The Morgan fingerprint density at radius 2 is 2.17 bits per heavy atom. The molecule has 23 heavy (non-hydrogen) atoms. The summed E-state index contributed by atoms with van der Waals surface area (Å²) in [5.41, 5.74) is 1.82. The number of piperidine rings is 1. The van der Waals surface area contributed by atoms with Crippen molar-refractivity contribution in [3.8, 4) is 0 Å². The molecular weight excluding hydrogens is 358 g/mol. The minimum Gasteiger partial charge on any atom is -0.337 e. The monoisotopic (exact) mass is 379 g/mol. The molecule has 1 aromatic carbocycles. The molecule has 1 unspecified atom stereocenters. The average molecular weight is 380 g/mol. The maximum atomic E-state index is 12.8. The van der Waals surface area contributed by atoms with Crippen LogP contribution in [-0.2, 0) is 4.79 Å². The van der Waals surface area contributed by atoms with E-state index >= 15 is 0 Å². The Morgan fingerprint density at radius 1 is 1.35 bits per heavy atom. The summed E-state index contributed by atoms with van der Waals surface area (Å²) < 4.78 is 0.836. The molecule has 1 aromatic rings. The highest BCUT2D eigenvalue weighted by molar-refractivity contribution is 9.10. The van der Waals surface area contributed by atoms with E-state index in [0.29, 0.717) is 18.7 Å². The lowest BCUT2D eigenvalue weighted by Gasteiger charge is -2.41. The second kappa shape index (κ2) is 7.01. The van der Waals surface area contributed by atoms with E-state index < -0.39 is 0 Å². The molecule has 2 aliphatic heterocycles. The van der Waals surface area contributed by atoms with E-state index in [1.54, 1.807) is 0 Å². The van der Waals surface area contributed by atoms with Crippen molar-refractivity contribution in [1.82, 2.24) is 15.1 Å². The van der Waals surface area contributed by atoms with E-state index in [0.717, 1.165) is 42.5 Å². The molecule has 1 atom stereocenters. The molecule has 0 aliphatic carbocycles.